The fourth-order valence-electron chi connectivity index (χ4n) is 5.18. The van der Waals surface area contributed by atoms with E-state index < -0.39 is 15.3 Å². The van der Waals surface area contributed by atoms with Gasteiger partial charge in [0.05, 0.1) is 0 Å². The fourth-order valence-corrected chi connectivity index (χ4v) is 8.40. The van der Waals surface area contributed by atoms with Crippen molar-refractivity contribution in [2.75, 3.05) is 18.0 Å². The van der Waals surface area contributed by atoms with Crippen molar-refractivity contribution in [2.24, 2.45) is 0 Å². The second-order valence-corrected chi connectivity index (χ2v) is 13.7. The quantitative estimate of drug-likeness (QED) is 0.218. The van der Waals surface area contributed by atoms with Crippen molar-refractivity contribution in [1.29, 1.82) is 0 Å². The first kappa shape index (κ1) is 24.3. The molecule has 0 atom stereocenters. The van der Waals surface area contributed by atoms with Crippen LogP contribution in [0.5, 0.6) is 0 Å². The summed E-state index contributed by atoms with van der Waals surface area (Å²) < 4.78 is 6.09. The van der Waals surface area contributed by atoms with Crippen LogP contribution in [0.15, 0.2) is 72.9 Å². The summed E-state index contributed by atoms with van der Waals surface area (Å²) in [5, 5.41) is 0. The summed E-state index contributed by atoms with van der Waals surface area (Å²) in [4.78, 5) is 3.42. The number of hydrogen-bond donors (Lipinski definition) is 0. The number of imidazole rings is 1. The number of nitrogens with zero attached hydrogens (tertiary/aromatic N) is 3. The first-order valence-electron chi connectivity index (χ1n) is 12.4. The van der Waals surface area contributed by atoms with Crippen LogP contribution in [0.25, 0.3) is 17.3 Å². The molecule has 3 nitrogen and oxygen atoms in total. The van der Waals surface area contributed by atoms with Crippen molar-refractivity contribution in [3.8, 4) is 5.69 Å². The number of aryl methyl sites for hydroxylation is 3. The zero-order valence-corrected chi connectivity index (χ0v) is 23.1. The monoisotopic (exact) mass is 577 g/mol. The van der Waals surface area contributed by atoms with Crippen LogP contribution in [0.3, 0.4) is 0 Å². The van der Waals surface area contributed by atoms with E-state index >= 15 is 0 Å². The van der Waals surface area contributed by atoms with Gasteiger partial charge >= 0.3 is 219 Å². The number of halogens is 1. The van der Waals surface area contributed by atoms with Crippen molar-refractivity contribution in [1.82, 2.24) is 8.97 Å². The van der Waals surface area contributed by atoms with Crippen molar-refractivity contribution in [2.45, 2.75) is 44.9 Å². The van der Waals surface area contributed by atoms with E-state index in [1.807, 2.05) is 0 Å². The third kappa shape index (κ3) is 5.12. The summed E-state index contributed by atoms with van der Waals surface area (Å²) in [6, 6.07) is 21.7. The third-order valence-electron chi connectivity index (χ3n) is 6.62. The number of benzene rings is 2. The zero-order chi connectivity index (χ0) is 24.4. The van der Waals surface area contributed by atoms with E-state index in [2.05, 4.69) is 114 Å². The van der Waals surface area contributed by atoms with Gasteiger partial charge in [-0.2, -0.15) is 0 Å². The van der Waals surface area contributed by atoms with Gasteiger partial charge in [-0.1, -0.05) is 0 Å². The van der Waals surface area contributed by atoms with E-state index in [9.17, 15) is 0 Å². The van der Waals surface area contributed by atoms with Crippen LogP contribution in [-0.2, 0) is 15.3 Å². The number of rotatable bonds is 5. The summed E-state index contributed by atoms with van der Waals surface area (Å²) in [5.74, 6) is 1.28. The first-order valence-corrected chi connectivity index (χ1v) is 16.2. The maximum atomic E-state index is 7.40. The van der Waals surface area contributed by atoms with Crippen LogP contribution in [0.1, 0.15) is 41.5 Å². The second-order valence-electron chi connectivity index (χ2n) is 9.38. The average Bonchev–Trinajstić information content (AvgIpc) is 3.24. The summed E-state index contributed by atoms with van der Waals surface area (Å²) >= 11 is -1.59. The molecular weight excluding hydrogens is 544 g/mol. The Labute approximate surface area is 218 Å². The molecular formula is C30H34ClN3Pd-2. The topological polar surface area (TPSA) is 12.6 Å². The Balaban J connectivity index is 1.73. The molecule has 188 valence electrons. The van der Waals surface area contributed by atoms with Crippen LogP contribution in [-0.4, -0.2) is 22.1 Å². The Hall–Kier alpha value is -2.38. The number of allylic oxidation sites excluding steroid dienone is 1. The van der Waals surface area contributed by atoms with Gasteiger partial charge in [-0.05, 0) is 0 Å². The number of pyridine rings is 1. The van der Waals surface area contributed by atoms with E-state index in [0.29, 0.717) is 0 Å². The number of anilines is 1. The number of fused-ring (bicyclic) bond motifs is 1. The molecule has 35 heavy (non-hydrogen) atoms. The number of piperidine rings is 1. The third-order valence-corrected chi connectivity index (χ3v) is 10.2. The summed E-state index contributed by atoms with van der Waals surface area (Å²) in [6.45, 7) is 8.83. The molecule has 3 heterocycles. The van der Waals surface area contributed by atoms with Gasteiger partial charge in [0.1, 0.15) is 0 Å². The van der Waals surface area contributed by atoms with Gasteiger partial charge in [0.2, 0.25) is 0 Å². The predicted molar refractivity (Wildman–Crippen MR) is 146 cm³/mol. The van der Waals surface area contributed by atoms with Crippen LogP contribution in [0.2, 0.25) is 4.89 Å². The van der Waals surface area contributed by atoms with Crippen LogP contribution < -0.4 is 4.90 Å². The second kappa shape index (κ2) is 10.7. The minimum atomic E-state index is -1.59. The van der Waals surface area contributed by atoms with Gasteiger partial charge in [-0.15, -0.1) is 0 Å². The SMILES string of the molecule is Cc1cc(C)c(-n2cc3cccc(N4CCCCC4)n3[c]2=[Pd-2]([Cl])[CH2]C=Cc2ccccc2)c(C)c1. The Kier molecular flexibility index (Phi) is 7.44. The molecule has 1 aliphatic heterocycles. The average molecular weight is 578 g/mol. The number of aromatic nitrogens is 2. The molecule has 0 saturated carbocycles. The zero-order valence-electron chi connectivity index (χ0n) is 20.8. The molecule has 5 rings (SSSR count). The summed E-state index contributed by atoms with van der Waals surface area (Å²) in [7, 11) is 7.40. The molecule has 4 aromatic rings. The van der Waals surface area contributed by atoms with Crippen LogP contribution >= 0.6 is 9.53 Å². The van der Waals surface area contributed by atoms with Gasteiger partial charge in [0.15, 0.2) is 0 Å². The van der Waals surface area contributed by atoms with Gasteiger partial charge in [0.25, 0.3) is 0 Å². The van der Waals surface area contributed by atoms with Crippen molar-refractivity contribution in [3.05, 3.63) is 99.1 Å². The molecule has 0 amide bonds. The molecule has 1 aliphatic rings. The van der Waals surface area contributed by atoms with E-state index in [-0.39, 0.29) is 0 Å². The Morgan fingerprint density at radius 1 is 0.886 bits per heavy atom. The van der Waals surface area contributed by atoms with Crippen molar-refractivity contribution < 1.29 is 15.3 Å². The Morgan fingerprint density at radius 2 is 1.60 bits per heavy atom. The Morgan fingerprint density at radius 3 is 2.31 bits per heavy atom. The van der Waals surface area contributed by atoms with E-state index in [0.717, 1.165) is 18.0 Å². The molecule has 0 bridgehead atoms. The first-order chi connectivity index (χ1) is 17.0. The molecule has 1 fully saturated rings. The van der Waals surface area contributed by atoms with Crippen LogP contribution in [0, 0.1) is 24.7 Å². The minimum absolute atomic E-state index is 0.868. The summed E-state index contributed by atoms with van der Waals surface area (Å²) in [5.41, 5.74) is 7.57. The van der Waals surface area contributed by atoms with E-state index in [4.69, 9.17) is 9.53 Å². The van der Waals surface area contributed by atoms with Gasteiger partial charge in [-0.3, -0.25) is 0 Å². The van der Waals surface area contributed by atoms with Gasteiger partial charge in [0, 0.05) is 0 Å². The molecule has 0 unspecified atom stereocenters. The van der Waals surface area contributed by atoms with Crippen molar-refractivity contribution >= 4 is 26.9 Å². The molecule has 1 saturated heterocycles. The number of hydrogen-bond acceptors (Lipinski definition) is 1. The predicted octanol–water partition coefficient (Wildman–Crippen LogP) is 8.08. The Bertz CT molecular complexity index is 1420. The van der Waals surface area contributed by atoms with Crippen molar-refractivity contribution in [3.63, 3.8) is 0 Å². The normalized spacial score (nSPS) is 16.3. The molecule has 0 N–H and O–H groups in total. The molecule has 2 aromatic heterocycles. The van der Waals surface area contributed by atoms with Gasteiger partial charge in [-0.25, -0.2) is 0 Å². The van der Waals surface area contributed by atoms with Gasteiger partial charge < -0.3 is 0 Å². The molecule has 0 aliphatic carbocycles. The van der Waals surface area contributed by atoms with E-state index in [1.54, 1.807) is 0 Å². The fraction of sp³-hybridized carbons (Fsp3) is 0.300. The standard InChI is InChI=1S/C21H25N3.C9H9.ClH.Pd/c1-16-12-17(2)21(18(3)13-16)23-14-19-8-7-9-20(24(19)15-23)22-10-5-4-6-11-22;1-2-6-9-7-4-3-5-8-9;;/h7-9,12-14H,4-6,10-11H2,1-3H3;2-8H,1H2;1H;/q;;;-1/p-1. The molecule has 2 aromatic carbocycles. The summed E-state index contributed by atoms with van der Waals surface area (Å²) in [6.07, 6.45) is 10.6. The molecule has 0 radical (unpaired) electrons. The van der Waals surface area contributed by atoms with E-state index in [1.165, 1.54) is 62.4 Å². The molecule has 5 heteroatoms. The van der Waals surface area contributed by atoms with Crippen LogP contribution in [0.4, 0.5) is 5.82 Å². The maximum absolute atomic E-state index is 7.40. The molecule has 0 spiro atoms.